The minimum atomic E-state index is -2.93. The highest BCUT2D eigenvalue weighted by Gasteiger charge is 2.47. The third-order valence-corrected chi connectivity index (χ3v) is 4.84. The van der Waals surface area contributed by atoms with Crippen molar-refractivity contribution in [2.75, 3.05) is 7.05 Å². The zero-order valence-corrected chi connectivity index (χ0v) is 15.3. The van der Waals surface area contributed by atoms with Gasteiger partial charge in [0.2, 0.25) is 5.91 Å². The Kier molecular flexibility index (Phi) is 5.01. The van der Waals surface area contributed by atoms with Crippen LogP contribution < -0.4 is 10.5 Å². The lowest BCUT2D eigenvalue weighted by Gasteiger charge is -2.41. The Morgan fingerprint density at radius 1 is 1.29 bits per heavy atom. The number of carbonyl (C=O) groups excluding carboxylic acids is 1. The van der Waals surface area contributed by atoms with E-state index in [0.29, 0.717) is 16.7 Å². The van der Waals surface area contributed by atoms with E-state index in [1.54, 1.807) is 43.3 Å². The van der Waals surface area contributed by atoms with E-state index in [1.807, 2.05) is 0 Å². The summed E-state index contributed by atoms with van der Waals surface area (Å²) in [5, 5.41) is 9.21. The third kappa shape index (κ3) is 3.39. The molecule has 8 heteroatoms. The van der Waals surface area contributed by atoms with Gasteiger partial charge in [0.05, 0.1) is 17.6 Å². The second-order valence-corrected chi connectivity index (χ2v) is 6.59. The topological polar surface area (TPSA) is 91.7 Å². The normalized spacial score (nSPS) is 22.0. The van der Waals surface area contributed by atoms with Gasteiger partial charge in [-0.3, -0.25) is 9.69 Å². The number of hydrogen-bond donors (Lipinski definition) is 1. The molecule has 6 nitrogen and oxygen atoms in total. The van der Waals surface area contributed by atoms with Crippen molar-refractivity contribution in [3.05, 3.63) is 65.2 Å². The van der Waals surface area contributed by atoms with E-state index in [-0.39, 0.29) is 17.6 Å². The fraction of sp³-hybridized carbons (Fsp3) is 0.250. The molecule has 2 aromatic rings. The number of halogens is 2. The van der Waals surface area contributed by atoms with Crippen molar-refractivity contribution in [2.45, 2.75) is 25.0 Å². The van der Waals surface area contributed by atoms with Crippen LogP contribution in [-0.4, -0.2) is 30.4 Å². The van der Waals surface area contributed by atoms with Crippen molar-refractivity contribution >= 4 is 11.9 Å². The van der Waals surface area contributed by atoms with Crippen molar-refractivity contribution in [3.63, 3.8) is 0 Å². The molecule has 144 valence electrons. The van der Waals surface area contributed by atoms with Crippen molar-refractivity contribution in [3.8, 4) is 11.8 Å². The van der Waals surface area contributed by atoms with Crippen LogP contribution >= 0.6 is 0 Å². The molecule has 0 bridgehead atoms. The number of guanidine groups is 1. The summed E-state index contributed by atoms with van der Waals surface area (Å²) in [6, 6.07) is 14.7. The summed E-state index contributed by atoms with van der Waals surface area (Å²) < 4.78 is 29.2. The SMILES string of the molecule is CN1C(=O)[C@@H](c2ccc(OC(F)F)cc2)[C@@](C)(c2cccc(C#N)c2)N=C1N. The number of carbonyl (C=O) groups is 1. The summed E-state index contributed by atoms with van der Waals surface area (Å²) in [5.74, 6) is -1.01. The van der Waals surface area contributed by atoms with Crippen molar-refractivity contribution in [1.29, 1.82) is 5.26 Å². The molecular formula is C20H18F2N4O2. The number of benzene rings is 2. The Morgan fingerprint density at radius 2 is 1.96 bits per heavy atom. The van der Waals surface area contributed by atoms with Gasteiger partial charge in [-0.25, -0.2) is 4.99 Å². The lowest BCUT2D eigenvalue weighted by Crippen LogP contribution is -2.52. The van der Waals surface area contributed by atoms with Gasteiger partial charge >= 0.3 is 6.61 Å². The quantitative estimate of drug-likeness (QED) is 0.877. The van der Waals surface area contributed by atoms with Gasteiger partial charge in [0.1, 0.15) is 11.3 Å². The molecule has 0 aromatic heterocycles. The zero-order chi connectivity index (χ0) is 20.5. The van der Waals surface area contributed by atoms with Gasteiger partial charge < -0.3 is 10.5 Å². The number of alkyl halides is 2. The molecule has 1 aliphatic heterocycles. The number of likely N-dealkylation sites (N-methyl/N-ethyl adjacent to an activating group) is 1. The average molecular weight is 384 g/mol. The molecule has 0 spiro atoms. The number of hydrogen-bond acceptors (Lipinski definition) is 5. The number of aliphatic imine (C=N–C) groups is 1. The van der Waals surface area contributed by atoms with E-state index < -0.39 is 18.1 Å². The van der Waals surface area contributed by atoms with E-state index >= 15 is 0 Å². The van der Waals surface area contributed by atoms with Crippen LogP contribution in [0.3, 0.4) is 0 Å². The Labute approximate surface area is 160 Å². The van der Waals surface area contributed by atoms with Crippen LogP contribution in [0.4, 0.5) is 8.78 Å². The van der Waals surface area contributed by atoms with Gasteiger partial charge in [-0.2, -0.15) is 14.0 Å². The fourth-order valence-electron chi connectivity index (χ4n) is 3.37. The molecule has 2 aromatic carbocycles. The van der Waals surface area contributed by atoms with Gasteiger partial charge in [0, 0.05) is 7.05 Å². The molecule has 1 aliphatic rings. The standard InChI is InChI=1S/C20H18F2N4O2/c1-20(14-5-3-4-12(10-14)11-23)16(17(27)26(2)19(24)25-20)13-6-8-15(9-7-13)28-18(21)22/h3-10,16,18H,1-2H3,(H2,24,25)/t16-,20-/m1/s1. The summed E-state index contributed by atoms with van der Waals surface area (Å²) in [4.78, 5) is 18.9. The minimum absolute atomic E-state index is 0.00782. The highest BCUT2D eigenvalue weighted by Crippen LogP contribution is 2.44. The second-order valence-electron chi connectivity index (χ2n) is 6.59. The van der Waals surface area contributed by atoms with Gasteiger partial charge in [-0.15, -0.1) is 0 Å². The summed E-state index contributed by atoms with van der Waals surface area (Å²) >= 11 is 0. The number of nitrogens with two attached hydrogens (primary N) is 1. The lowest BCUT2D eigenvalue weighted by molar-refractivity contribution is -0.130. The molecule has 0 fully saturated rings. The van der Waals surface area contributed by atoms with Crippen LogP contribution in [0.5, 0.6) is 5.75 Å². The van der Waals surface area contributed by atoms with E-state index in [4.69, 9.17) is 5.73 Å². The second kappa shape index (κ2) is 7.27. The van der Waals surface area contributed by atoms with Crippen LogP contribution in [0.1, 0.15) is 29.5 Å². The lowest BCUT2D eigenvalue weighted by atomic mass is 9.74. The predicted octanol–water partition coefficient (Wildman–Crippen LogP) is 2.95. The van der Waals surface area contributed by atoms with E-state index in [9.17, 15) is 18.8 Å². The Bertz CT molecular complexity index is 969. The summed E-state index contributed by atoms with van der Waals surface area (Å²) in [6.07, 6.45) is 0. The van der Waals surface area contributed by atoms with Crippen LogP contribution in [0.25, 0.3) is 0 Å². The maximum Gasteiger partial charge on any atom is 0.387 e. The third-order valence-electron chi connectivity index (χ3n) is 4.84. The number of amides is 1. The van der Waals surface area contributed by atoms with Gasteiger partial charge in [0.15, 0.2) is 5.96 Å². The number of rotatable bonds is 4. The molecule has 0 saturated carbocycles. The zero-order valence-electron chi connectivity index (χ0n) is 15.3. The molecule has 0 saturated heterocycles. The molecule has 2 N–H and O–H groups in total. The first-order chi connectivity index (χ1) is 13.3. The van der Waals surface area contributed by atoms with Gasteiger partial charge in [-0.1, -0.05) is 24.3 Å². The van der Waals surface area contributed by atoms with Crippen LogP contribution in [0.2, 0.25) is 0 Å². The van der Waals surface area contributed by atoms with Gasteiger partial charge in [0.25, 0.3) is 0 Å². The maximum atomic E-state index is 13.1. The first-order valence-corrected chi connectivity index (χ1v) is 8.44. The highest BCUT2D eigenvalue weighted by molar-refractivity contribution is 6.02. The number of ether oxygens (including phenoxy) is 1. The van der Waals surface area contributed by atoms with Crippen molar-refractivity contribution in [2.24, 2.45) is 10.7 Å². The smallest absolute Gasteiger partial charge is 0.387 e. The van der Waals surface area contributed by atoms with Crippen LogP contribution in [0.15, 0.2) is 53.5 Å². The molecule has 1 heterocycles. The predicted molar refractivity (Wildman–Crippen MR) is 98.7 cm³/mol. The minimum Gasteiger partial charge on any atom is -0.435 e. The molecule has 1 amide bonds. The van der Waals surface area contributed by atoms with Crippen LogP contribution in [0, 0.1) is 11.3 Å². The Morgan fingerprint density at radius 3 is 2.57 bits per heavy atom. The van der Waals surface area contributed by atoms with Crippen molar-refractivity contribution in [1.82, 2.24) is 4.90 Å². The summed E-state index contributed by atoms with van der Waals surface area (Å²) in [5.41, 5.74) is 6.53. The van der Waals surface area contributed by atoms with Gasteiger partial charge in [-0.05, 0) is 42.3 Å². The molecule has 2 atom stereocenters. The van der Waals surface area contributed by atoms with Crippen LogP contribution in [-0.2, 0) is 10.3 Å². The first-order valence-electron chi connectivity index (χ1n) is 8.44. The summed E-state index contributed by atoms with van der Waals surface area (Å²) in [6.45, 7) is -1.17. The molecule has 3 rings (SSSR count). The number of nitriles is 1. The highest BCUT2D eigenvalue weighted by atomic mass is 19.3. The fourth-order valence-corrected chi connectivity index (χ4v) is 3.37. The van der Waals surface area contributed by atoms with E-state index in [1.165, 1.54) is 24.1 Å². The molecule has 0 unspecified atom stereocenters. The Hall–Kier alpha value is -3.47. The first kappa shape index (κ1) is 19.3. The van der Waals surface area contributed by atoms with E-state index in [0.717, 1.165) is 0 Å². The summed E-state index contributed by atoms with van der Waals surface area (Å²) in [7, 11) is 1.52. The monoisotopic (exact) mass is 384 g/mol. The average Bonchev–Trinajstić information content (AvgIpc) is 2.67. The van der Waals surface area contributed by atoms with E-state index in [2.05, 4.69) is 15.8 Å². The molecule has 0 aliphatic carbocycles. The number of nitrogens with zero attached hydrogens (tertiary/aromatic N) is 3. The Balaban J connectivity index is 2.12. The van der Waals surface area contributed by atoms with Crippen molar-refractivity contribution < 1.29 is 18.3 Å². The molecule has 0 radical (unpaired) electrons. The molecule has 28 heavy (non-hydrogen) atoms. The molecular weight excluding hydrogens is 366 g/mol. The maximum absolute atomic E-state index is 13.1. The largest absolute Gasteiger partial charge is 0.435 e.